The molecule has 0 fully saturated rings. The van der Waals surface area contributed by atoms with Crippen LogP contribution >= 0.6 is 0 Å². The fourth-order valence-corrected chi connectivity index (χ4v) is 0.689. The topological polar surface area (TPSA) is 41.9 Å². The minimum atomic E-state index is -1.27. The fourth-order valence-electron chi connectivity index (χ4n) is 0.689. The van der Waals surface area contributed by atoms with E-state index in [1.807, 2.05) is 6.92 Å². The van der Waals surface area contributed by atoms with Crippen molar-refractivity contribution in [3.63, 3.8) is 0 Å². The zero-order valence-electron chi connectivity index (χ0n) is 8.50. The van der Waals surface area contributed by atoms with Gasteiger partial charge in [0.1, 0.15) is 0 Å². The van der Waals surface area contributed by atoms with Crippen LogP contribution in [0.2, 0.25) is 0 Å². The largest absolute Gasteiger partial charge is 0.353 e. The van der Waals surface area contributed by atoms with Crippen molar-refractivity contribution >= 4 is 0 Å². The van der Waals surface area contributed by atoms with E-state index in [-0.39, 0.29) is 0 Å². The van der Waals surface area contributed by atoms with Gasteiger partial charge in [0.05, 0.1) is 0 Å². The van der Waals surface area contributed by atoms with Crippen LogP contribution in [0.5, 0.6) is 0 Å². The molecule has 2 atom stereocenters. The number of hydrogen-bond acceptors (Lipinski definition) is 4. The number of aliphatic hydroxyl groups is 1. The Morgan fingerprint density at radius 3 is 2.33 bits per heavy atom. The summed E-state index contributed by atoms with van der Waals surface area (Å²) >= 11 is 0. The molecule has 0 aliphatic heterocycles. The highest BCUT2D eigenvalue weighted by molar-refractivity contribution is 4.55. The summed E-state index contributed by atoms with van der Waals surface area (Å²) in [5.74, 6) is -1.27. The molecule has 0 aliphatic rings. The number of rotatable bonds is 5. The van der Waals surface area contributed by atoms with E-state index in [1.54, 1.807) is 32.8 Å². The second-order valence-corrected chi connectivity index (χ2v) is 2.97. The number of ether oxygens (including phenoxy) is 2. The van der Waals surface area contributed by atoms with Crippen molar-refractivity contribution in [3.05, 3.63) is 0 Å². The number of hydrogen-bond donors (Lipinski definition) is 1. The van der Waals surface area contributed by atoms with Crippen LogP contribution in [0.3, 0.4) is 0 Å². The molecule has 0 bridgehead atoms. The lowest BCUT2D eigenvalue weighted by atomic mass is 10.5. The predicted molar refractivity (Wildman–Crippen MR) is 46.5 cm³/mol. The first kappa shape index (κ1) is 11.8. The van der Waals surface area contributed by atoms with Crippen molar-refractivity contribution in [2.45, 2.75) is 33.0 Å². The Morgan fingerprint density at radius 1 is 1.50 bits per heavy atom. The molecule has 0 saturated heterocycles. The molecular weight excluding hydrogens is 158 g/mol. The van der Waals surface area contributed by atoms with E-state index >= 15 is 0 Å². The lowest BCUT2D eigenvalue weighted by Crippen LogP contribution is -2.46. The average Bonchev–Trinajstić information content (AvgIpc) is 1.85. The Labute approximate surface area is 74.1 Å². The third-order valence-electron chi connectivity index (χ3n) is 1.62. The maximum absolute atomic E-state index is 9.61. The first-order valence-corrected chi connectivity index (χ1v) is 4.09. The summed E-state index contributed by atoms with van der Waals surface area (Å²) in [6, 6.07) is 0. The smallest absolute Gasteiger partial charge is 0.226 e. The van der Waals surface area contributed by atoms with Crippen LogP contribution in [0.1, 0.15) is 20.8 Å². The van der Waals surface area contributed by atoms with Gasteiger partial charge in [-0.3, -0.25) is 4.90 Å². The molecule has 0 heterocycles. The van der Waals surface area contributed by atoms with Gasteiger partial charge in [0.25, 0.3) is 0 Å². The van der Waals surface area contributed by atoms with Gasteiger partial charge in [0.15, 0.2) is 6.29 Å². The van der Waals surface area contributed by atoms with E-state index in [1.165, 1.54) is 0 Å². The van der Waals surface area contributed by atoms with Crippen LogP contribution < -0.4 is 0 Å². The molecule has 0 radical (unpaired) electrons. The van der Waals surface area contributed by atoms with Gasteiger partial charge in [-0.25, -0.2) is 0 Å². The lowest BCUT2D eigenvalue weighted by Gasteiger charge is -2.32. The molecule has 1 N–H and O–H groups in total. The Morgan fingerprint density at radius 2 is 2.00 bits per heavy atom. The molecule has 0 spiro atoms. The van der Waals surface area contributed by atoms with Gasteiger partial charge in [0.2, 0.25) is 5.91 Å². The summed E-state index contributed by atoms with van der Waals surface area (Å²) in [5, 5.41) is 9.61. The van der Waals surface area contributed by atoms with Crippen molar-refractivity contribution in [1.82, 2.24) is 4.90 Å². The summed E-state index contributed by atoms with van der Waals surface area (Å²) in [6.45, 7) is 5.78. The van der Waals surface area contributed by atoms with Crippen molar-refractivity contribution in [1.29, 1.82) is 0 Å². The van der Waals surface area contributed by atoms with Crippen LogP contribution in [0.25, 0.3) is 0 Å². The third kappa shape index (κ3) is 4.01. The molecule has 4 nitrogen and oxygen atoms in total. The summed E-state index contributed by atoms with van der Waals surface area (Å²) in [7, 11) is 3.47. The Kier molecular flexibility index (Phi) is 4.70. The molecule has 0 aromatic rings. The first-order chi connectivity index (χ1) is 5.40. The van der Waals surface area contributed by atoms with Gasteiger partial charge >= 0.3 is 0 Å². The molecule has 0 rings (SSSR count). The minimum Gasteiger partial charge on any atom is -0.353 e. The molecule has 74 valence electrons. The Balaban J connectivity index is 3.88. The van der Waals surface area contributed by atoms with Crippen molar-refractivity contribution in [2.75, 3.05) is 20.7 Å². The monoisotopic (exact) mass is 177 g/mol. The quantitative estimate of drug-likeness (QED) is 0.625. The lowest BCUT2D eigenvalue weighted by molar-refractivity contribution is -0.328. The second-order valence-electron chi connectivity index (χ2n) is 2.97. The van der Waals surface area contributed by atoms with E-state index in [9.17, 15) is 5.11 Å². The van der Waals surface area contributed by atoms with Gasteiger partial charge in [-0.1, -0.05) is 0 Å². The highest BCUT2D eigenvalue weighted by atomic mass is 16.7. The van der Waals surface area contributed by atoms with Crippen LogP contribution in [0.4, 0.5) is 0 Å². The molecule has 0 aromatic heterocycles. The van der Waals surface area contributed by atoms with Crippen molar-refractivity contribution < 1.29 is 14.6 Å². The predicted octanol–water partition coefficient (Wildman–Crippen LogP) is 0.613. The second kappa shape index (κ2) is 4.77. The zero-order valence-corrected chi connectivity index (χ0v) is 8.50. The van der Waals surface area contributed by atoms with Gasteiger partial charge in [-0.2, -0.15) is 0 Å². The highest BCUT2D eigenvalue weighted by Gasteiger charge is 2.26. The van der Waals surface area contributed by atoms with E-state index < -0.39 is 12.2 Å². The maximum atomic E-state index is 9.61. The summed E-state index contributed by atoms with van der Waals surface area (Å²) in [5.41, 5.74) is 0. The molecule has 4 heteroatoms. The number of nitrogens with zero attached hydrogens (tertiary/aromatic N) is 1. The van der Waals surface area contributed by atoms with Crippen LogP contribution in [0.15, 0.2) is 0 Å². The fraction of sp³-hybridized carbons (Fsp3) is 1.00. The SMILES string of the molecule is CCOC(C)OC(C)(O)N(C)C. The zero-order chi connectivity index (χ0) is 9.78. The maximum Gasteiger partial charge on any atom is 0.226 e. The molecule has 0 aliphatic carbocycles. The van der Waals surface area contributed by atoms with Gasteiger partial charge < -0.3 is 14.6 Å². The van der Waals surface area contributed by atoms with Gasteiger partial charge in [0, 0.05) is 13.5 Å². The molecule has 2 unspecified atom stereocenters. The van der Waals surface area contributed by atoms with Gasteiger partial charge in [-0.05, 0) is 27.9 Å². The van der Waals surface area contributed by atoms with Crippen LogP contribution in [-0.2, 0) is 9.47 Å². The Hall–Kier alpha value is -0.160. The normalized spacial score (nSPS) is 19.2. The molecule has 0 saturated carbocycles. The summed E-state index contributed by atoms with van der Waals surface area (Å²) < 4.78 is 10.3. The highest BCUT2D eigenvalue weighted by Crippen LogP contribution is 2.12. The van der Waals surface area contributed by atoms with E-state index in [4.69, 9.17) is 9.47 Å². The van der Waals surface area contributed by atoms with E-state index in [0.717, 1.165) is 0 Å². The van der Waals surface area contributed by atoms with Gasteiger partial charge in [-0.15, -0.1) is 0 Å². The molecule has 0 amide bonds. The molecule has 12 heavy (non-hydrogen) atoms. The third-order valence-corrected chi connectivity index (χ3v) is 1.62. The summed E-state index contributed by atoms with van der Waals surface area (Å²) in [6.07, 6.45) is -0.396. The molecule has 0 aromatic carbocycles. The minimum absolute atomic E-state index is 0.396. The first-order valence-electron chi connectivity index (χ1n) is 4.09. The summed E-state index contributed by atoms with van der Waals surface area (Å²) in [4.78, 5) is 1.57. The van der Waals surface area contributed by atoms with Crippen molar-refractivity contribution in [3.8, 4) is 0 Å². The molecular formula is C8H19NO3. The Bertz CT molecular complexity index is 125. The van der Waals surface area contributed by atoms with E-state index in [0.29, 0.717) is 6.61 Å². The van der Waals surface area contributed by atoms with Crippen LogP contribution in [-0.4, -0.2) is 42.9 Å². The standard InChI is InChI=1S/C8H19NO3/c1-6-11-7(2)12-8(3,10)9(4)5/h7,10H,6H2,1-5H3. The van der Waals surface area contributed by atoms with Crippen molar-refractivity contribution in [2.24, 2.45) is 0 Å². The average molecular weight is 177 g/mol. The van der Waals surface area contributed by atoms with E-state index in [2.05, 4.69) is 0 Å². The van der Waals surface area contributed by atoms with Crippen LogP contribution in [0, 0.1) is 0 Å².